The molecule has 0 saturated carbocycles. The highest BCUT2D eigenvalue weighted by atomic mass is 35.5. The monoisotopic (exact) mass is 329 g/mol. The van der Waals surface area contributed by atoms with Gasteiger partial charge in [0.25, 0.3) is 0 Å². The third kappa shape index (κ3) is 3.73. The molecule has 21 heavy (non-hydrogen) atoms. The minimum Gasteiger partial charge on any atom is -0.306 e. The summed E-state index contributed by atoms with van der Waals surface area (Å²) in [6.07, 6.45) is 0.862. The van der Waals surface area contributed by atoms with Crippen LogP contribution < -0.4 is 5.32 Å². The van der Waals surface area contributed by atoms with Crippen LogP contribution in [0, 0.1) is 11.6 Å². The van der Waals surface area contributed by atoms with E-state index in [9.17, 15) is 8.78 Å². The molecule has 0 aromatic heterocycles. The van der Waals surface area contributed by atoms with E-state index >= 15 is 0 Å². The molecule has 5 heteroatoms. The van der Waals surface area contributed by atoms with Crippen LogP contribution in [-0.4, -0.2) is 6.54 Å². The normalized spacial score (nSPS) is 12.4. The van der Waals surface area contributed by atoms with Gasteiger partial charge in [-0.3, -0.25) is 0 Å². The highest BCUT2D eigenvalue weighted by molar-refractivity contribution is 6.36. The van der Waals surface area contributed by atoms with E-state index < -0.39 is 17.7 Å². The lowest BCUT2D eigenvalue weighted by molar-refractivity contribution is 0.533. The van der Waals surface area contributed by atoms with Crippen molar-refractivity contribution in [2.24, 2.45) is 0 Å². The molecular formula is C16H15Cl2F2N. The summed E-state index contributed by atoms with van der Waals surface area (Å²) in [6.45, 7) is 2.66. The van der Waals surface area contributed by atoms with Crippen molar-refractivity contribution in [2.75, 3.05) is 6.54 Å². The van der Waals surface area contributed by atoms with Crippen molar-refractivity contribution in [3.63, 3.8) is 0 Å². The third-order valence-electron chi connectivity index (χ3n) is 3.16. The first-order valence-electron chi connectivity index (χ1n) is 6.66. The predicted molar refractivity (Wildman–Crippen MR) is 83.0 cm³/mol. The lowest BCUT2D eigenvalue weighted by Gasteiger charge is -2.22. The zero-order valence-electron chi connectivity index (χ0n) is 11.5. The van der Waals surface area contributed by atoms with Gasteiger partial charge in [0.15, 0.2) is 0 Å². The summed E-state index contributed by atoms with van der Waals surface area (Å²) in [5, 5.41) is 4.10. The molecule has 2 rings (SSSR count). The molecule has 0 fully saturated rings. The van der Waals surface area contributed by atoms with Gasteiger partial charge in [-0.1, -0.05) is 42.3 Å². The Hall–Kier alpha value is -1.16. The molecule has 0 bridgehead atoms. The predicted octanol–water partition coefficient (Wildman–Crippen LogP) is 5.36. The zero-order valence-corrected chi connectivity index (χ0v) is 13.0. The Balaban J connectivity index is 2.52. The second-order valence-electron chi connectivity index (χ2n) is 4.69. The van der Waals surface area contributed by atoms with Gasteiger partial charge >= 0.3 is 0 Å². The van der Waals surface area contributed by atoms with E-state index in [1.807, 2.05) is 6.92 Å². The van der Waals surface area contributed by atoms with Crippen LogP contribution in [0.3, 0.4) is 0 Å². The zero-order chi connectivity index (χ0) is 15.4. The van der Waals surface area contributed by atoms with E-state index in [2.05, 4.69) is 5.32 Å². The van der Waals surface area contributed by atoms with Crippen molar-refractivity contribution in [2.45, 2.75) is 19.4 Å². The van der Waals surface area contributed by atoms with Crippen LogP contribution in [0.25, 0.3) is 0 Å². The minimum atomic E-state index is -0.625. The van der Waals surface area contributed by atoms with Gasteiger partial charge in [0, 0.05) is 27.2 Å². The Labute approximate surface area is 132 Å². The first-order valence-corrected chi connectivity index (χ1v) is 7.42. The van der Waals surface area contributed by atoms with Gasteiger partial charge in [-0.2, -0.15) is 0 Å². The molecule has 0 aliphatic heterocycles. The molecule has 112 valence electrons. The number of rotatable bonds is 5. The summed E-state index contributed by atoms with van der Waals surface area (Å²) < 4.78 is 27.2. The summed E-state index contributed by atoms with van der Waals surface area (Å²) in [5.41, 5.74) is 0.916. The third-order valence-corrected chi connectivity index (χ3v) is 3.82. The molecule has 0 spiro atoms. The maximum atomic E-state index is 14.1. The molecular weight excluding hydrogens is 315 g/mol. The van der Waals surface area contributed by atoms with Crippen molar-refractivity contribution in [3.05, 3.63) is 69.2 Å². The molecule has 0 amide bonds. The average Bonchev–Trinajstić information content (AvgIpc) is 2.43. The molecule has 0 heterocycles. The number of benzene rings is 2. The largest absolute Gasteiger partial charge is 0.306 e. The van der Waals surface area contributed by atoms with Gasteiger partial charge in [0.1, 0.15) is 11.6 Å². The van der Waals surface area contributed by atoms with Crippen molar-refractivity contribution >= 4 is 23.2 Å². The van der Waals surface area contributed by atoms with Crippen LogP contribution in [-0.2, 0) is 0 Å². The SMILES string of the molecule is CCCNC(c1ccc(F)cc1F)c1c(Cl)cccc1Cl. The van der Waals surface area contributed by atoms with E-state index in [-0.39, 0.29) is 0 Å². The van der Waals surface area contributed by atoms with Gasteiger partial charge in [-0.25, -0.2) is 8.78 Å². The number of hydrogen-bond donors (Lipinski definition) is 1. The van der Waals surface area contributed by atoms with Crippen LogP contribution in [0.15, 0.2) is 36.4 Å². The van der Waals surface area contributed by atoms with E-state index in [4.69, 9.17) is 23.2 Å². The number of hydrogen-bond acceptors (Lipinski definition) is 1. The van der Waals surface area contributed by atoms with E-state index in [1.54, 1.807) is 18.2 Å². The van der Waals surface area contributed by atoms with Gasteiger partial charge < -0.3 is 5.32 Å². The lowest BCUT2D eigenvalue weighted by atomic mass is 9.97. The highest BCUT2D eigenvalue weighted by Gasteiger charge is 2.22. The summed E-state index contributed by atoms with van der Waals surface area (Å²) in [4.78, 5) is 0. The average molecular weight is 330 g/mol. The van der Waals surface area contributed by atoms with Crippen molar-refractivity contribution in [1.82, 2.24) is 5.32 Å². The van der Waals surface area contributed by atoms with Crippen LogP contribution >= 0.6 is 23.2 Å². The number of nitrogens with one attached hydrogen (secondary N) is 1. The summed E-state index contributed by atoms with van der Waals surface area (Å²) >= 11 is 12.4. The molecule has 0 saturated heterocycles. The van der Waals surface area contributed by atoms with Gasteiger partial charge in [0.05, 0.1) is 6.04 Å². The van der Waals surface area contributed by atoms with Crippen LogP contribution in [0.1, 0.15) is 30.5 Å². The minimum absolute atomic E-state index is 0.319. The second kappa shape index (κ2) is 7.21. The first kappa shape index (κ1) is 16.2. The topological polar surface area (TPSA) is 12.0 Å². The molecule has 2 aromatic rings. The van der Waals surface area contributed by atoms with Crippen LogP contribution in [0.5, 0.6) is 0 Å². The van der Waals surface area contributed by atoms with Gasteiger partial charge in [0.2, 0.25) is 0 Å². The molecule has 1 nitrogen and oxygen atoms in total. The Bertz CT molecular complexity index is 611. The molecule has 1 unspecified atom stereocenters. The van der Waals surface area contributed by atoms with Crippen LogP contribution in [0.4, 0.5) is 8.78 Å². The highest BCUT2D eigenvalue weighted by Crippen LogP contribution is 2.35. The van der Waals surface area contributed by atoms with E-state index in [0.29, 0.717) is 27.7 Å². The quantitative estimate of drug-likeness (QED) is 0.778. The van der Waals surface area contributed by atoms with Crippen molar-refractivity contribution < 1.29 is 8.78 Å². The Morgan fingerprint density at radius 1 is 1.10 bits per heavy atom. The fraction of sp³-hybridized carbons (Fsp3) is 0.250. The molecule has 0 aliphatic rings. The van der Waals surface area contributed by atoms with E-state index in [1.165, 1.54) is 12.1 Å². The van der Waals surface area contributed by atoms with E-state index in [0.717, 1.165) is 12.5 Å². The molecule has 0 radical (unpaired) electrons. The maximum Gasteiger partial charge on any atom is 0.131 e. The summed E-state index contributed by atoms with van der Waals surface area (Å²) in [6, 6.07) is 8.11. The van der Waals surface area contributed by atoms with Gasteiger partial charge in [-0.05, 0) is 31.2 Å². The Morgan fingerprint density at radius 3 is 2.33 bits per heavy atom. The Morgan fingerprint density at radius 2 is 1.76 bits per heavy atom. The standard InChI is InChI=1S/C16H15Cl2F2N/c1-2-8-21-16(11-7-6-10(19)9-14(11)20)15-12(17)4-3-5-13(15)18/h3-7,9,16,21H,2,8H2,1H3. The maximum absolute atomic E-state index is 14.1. The molecule has 2 aromatic carbocycles. The molecule has 1 atom stereocenters. The summed E-state index contributed by atoms with van der Waals surface area (Å²) in [5.74, 6) is -1.24. The first-order chi connectivity index (χ1) is 10.0. The Kier molecular flexibility index (Phi) is 5.57. The van der Waals surface area contributed by atoms with Crippen molar-refractivity contribution in [1.29, 1.82) is 0 Å². The van der Waals surface area contributed by atoms with Gasteiger partial charge in [-0.15, -0.1) is 0 Å². The fourth-order valence-corrected chi connectivity index (χ4v) is 2.79. The summed E-state index contributed by atoms with van der Waals surface area (Å²) in [7, 11) is 0. The smallest absolute Gasteiger partial charge is 0.131 e. The molecule has 1 N–H and O–H groups in total. The molecule has 0 aliphatic carbocycles. The fourth-order valence-electron chi connectivity index (χ4n) is 2.18. The van der Waals surface area contributed by atoms with Crippen molar-refractivity contribution in [3.8, 4) is 0 Å². The number of halogens is 4. The van der Waals surface area contributed by atoms with Crippen LogP contribution in [0.2, 0.25) is 10.0 Å². The lowest BCUT2D eigenvalue weighted by Crippen LogP contribution is -2.24. The second-order valence-corrected chi connectivity index (χ2v) is 5.50.